The minimum Gasteiger partial charge on any atom is -0.490 e. The fourth-order valence-corrected chi connectivity index (χ4v) is 2.64. The Balaban J connectivity index is 0.00000729. The molecule has 1 rings (SSSR count). The van der Waals surface area contributed by atoms with Crippen LogP contribution in [0.1, 0.15) is 32.8 Å². The van der Waals surface area contributed by atoms with Crippen molar-refractivity contribution < 1.29 is 18.3 Å². The van der Waals surface area contributed by atoms with Crippen molar-refractivity contribution in [2.45, 2.75) is 40.3 Å². The van der Waals surface area contributed by atoms with Gasteiger partial charge in [-0.25, -0.2) is 0 Å². The molecule has 9 heteroatoms. The van der Waals surface area contributed by atoms with Crippen molar-refractivity contribution in [2.75, 3.05) is 39.8 Å². The smallest absolute Gasteiger partial charge is 0.387 e. The number of guanidine groups is 1. The van der Waals surface area contributed by atoms with Crippen LogP contribution in [0.25, 0.3) is 0 Å². The van der Waals surface area contributed by atoms with E-state index in [1.807, 2.05) is 0 Å². The molecule has 0 radical (unpaired) electrons. The number of benzene rings is 1. The number of para-hydroxylation sites is 1. The van der Waals surface area contributed by atoms with Crippen molar-refractivity contribution in [2.24, 2.45) is 4.99 Å². The normalized spacial score (nSPS) is 11.4. The lowest BCUT2D eigenvalue weighted by atomic mass is 10.2. The number of nitrogens with one attached hydrogen (secondary N) is 2. The molecule has 2 N–H and O–H groups in total. The molecule has 0 aromatic heterocycles. The van der Waals surface area contributed by atoms with Crippen molar-refractivity contribution in [3.63, 3.8) is 0 Å². The Hall–Kier alpha value is -1.36. The number of alkyl halides is 2. The lowest BCUT2D eigenvalue weighted by Crippen LogP contribution is -2.38. The third kappa shape index (κ3) is 9.72. The average Bonchev–Trinajstić information content (AvgIpc) is 2.66. The number of halogens is 3. The third-order valence-corrected chi connectivity index (χ3v) is 4.08. The molecule has 0 aliphatic carbocycles. The van der Waals surface area contributed by atoms with Gasteiger partial charge in [-0.3, -0.25) is 4.99 Å². The van der Waals surface area contributed by atoms with Crippen LogP contribution in [-0.4, -0.2) is 57.3 Å². The molecular weight excluding hydrogens is 481 g/mol. The summed E-state index contributed by atoms with van der Waals surface area (Å²) in [5.74, 6) is 0.970. The SMILES string of the molecule is CCOc1cccc(CNC(=NC)NCCCN(CC)CC)c1OC(F)F.I. The summed E-state index contributed by atoms with van der Waals surface area (Å²) >= 11 is 0. The van der Waals surface area contributed by atoms with Crippen LogP contribution in [0.3, 0.4) is 0 Å². The van der Waals surface area contributed by atoms with Crippen LogP contribution in [0, 0.1) is 0 Å². The molecule has 162 valence electrons. The molecule has 0 atom stereocenters. The Kier molecular flexibility index (Phi) is 14.8. The van der Waals surface area contributed by atoms with Gasteiger partial charge in [-0.2, -0.15) is 8.78 Å². The Labute approximate surface area is 184 Å². The van der Waals surface area contributed by atoms with Gasteiger partial charge in [0.05, 0.1) is 6.61 Å². The minimum absolute atomic E-state index is 0. The molecule has 0 aliphatic heterocycles. The standard InChI is InChI=1S/C19H32F2N4O2.HI/c1-5-25(6-2)13-9-12-23-19(22-4)24-14-15-10-8-11-16(26-7-3)17(15)27-18(20)21;/h8,10-11,18H,5-7,9,12-14H2,1-4H3,(H2,22,23,24);1H. The zero-order valence-electron chi connectivity index (χ0n) is 17.1. The van der Waals surface area contributed by atoms with E-state index in [9.17, 15) is 8.78 Å². The second-order valence-corrected chi connectivity index (χ2v) is 5.79. The van der Waals surface area contributed by atoms with Crippen LogP contribution < -0.4 is 20.1 Å². The predicted molar refractivity (Wildman–Crippen MR) is 120 cm³/mol. The number of hydrogen-bond acceptors (Lipinski definition) is 4. The van der Waals surface area contributed by atoms with E-state index in [1.165, 1.54) is 0 Å². The molecule has 0 fully saturated rings. The van der Waals surface area contributed by atoms with E-state index in [0.717, 1.165) is 32.6 Å². The molecule has 28 heavy (non-hydrogen) atoms. The summed E-state index contributed by atoms with van der Waals surface area (Å²) in [6, 6.07) is 5.09. The summed E-state index contributed by atoms with van der Waals surface area (Å²) in [5.41, 5.74) is 0.576. The van der Waals surface area contributed by atoms with E-state index in [-0.39, 0.29) is 29.7 Å². The first-order valence-corrected chi connectivity index (χ1v) is 9.41. The monoisotopic (exact) mass is 514 g/mol. The summed E-state index contributed by atoms with van der Waals surface area (Å²) in [6.45, 7) is 7.68. The van der Waals surface area contributed by atoms with Crippen molar-refractivity contribution in [3.8, 4) is 11.5 Å². The van der Waals surface area contributed by atoms with Gasteiger partial charge in [0.2, 0.25) is 0 Å². The molecule has 6 nitrogen and oxygen atoms in total. The van der Waals surface area contributed by atoms with Gasteiger partial charge in [0.1, 0.15) is 0 Å². The first-order chi connectivity index (χ1) is 13.0. The molecule has 1 aromatic carbocycles. The van der Waals surface area contributed by atoms with Crippen molar-refractivity contribution in [1.82, 2.24) is 15.5 Å². The van der Waals surface area contributed by atoms with Crippen LogP contribution in [0.5, 0.6) is 11.5 Å². The van der Waals surface area contributed by atoms with Crippen LogP contribution in [0.2, 0.25) is 0 Å². The zero-order valence-corrected chi connectivity index (χ0v) is 19.5. The third-order valence-electron chi connectivity index (χ3n) is 4.08. The highest BCUT2D eigenvalue weighted by molar-refractivity contribution is 14.0. The predicted octanol–water partition coefficient (Wildman–Crippen LogP) is 3.70. The van der Waals surface area contributed by atoms with Crippen LogP contribution in [0.15, 0.2) is 23.2 Å². The van der Waals surface area contributed by atoms with E-state index in [1.54, 1.807) is 32.2 Å². The summed E-state index contributed by atoms with van der Waals surface area (Å²) in [5, 5.41) is 6.36. The fraction of sp³-hybridized carbons (Fsp3) is 0.632. The van der Waals surface area contributed by atoms with Gasteiger partial charge in [0.25, 0.3) is 0 Å². The van der Waals surface area contributed by atoms with E-state index < -0.39 is 6.61 Å². The molecule has 0 spiro atoms. The maximum atomic E-state index is 12.8. The summed E-state index contributed by atoms with van der Waals surface area (Å²) in [7, 11) is 1.67. The summed E-state index contributed by atoms with van der Waals surface area (Å²) in [4.78, 5) is 6.52. The second-order valence-electron chi connectivity index (χ2n) is 5.79. The van der Waals surface area contributed by atoms with Crippen molar-refractivity contribution in [1.29, 1.82) is 0 Å². The number of rotatable bonds is 12. The van der Waals surface area contributed by atoms with Gasteiger partial charge < -0.3 is 25.0 Å². The molecule has 0 heterocycles. The molecule has 1 aromatic rings. The number of hydrogen-bond donors (Lipinski definition) is 2. The fourth-order valence-electron chi connectivity index (χ4n) is 2.64. The van der Waals surface area contributed by atoms with Gasteiger partial charge in [0, 0.05) is 25.7 Å². The second kappa shape index (κ2) is 15.5. The molecule has 0 saturated heterocycles. The molecule has 0 bridgehead atoms. The van der Waals surface area contributed by atoms with Gasteiger partial charge in [-0.1, -0.05) is 26.0 Å². The van der Waals surface area contributed by atoms with E-state index in [4.69, 9.17) is 4.74 Å². The van der Waals surface area contributed by atoms with Crippen LogP contribution in [-0.2, 0) is 6.54 Å². The largest absolute Gasteiger partial charge is 0.490 e. The summed E-state index contributed by atoms with van der Waals surface area (Å²) in [6.07, 6.45) is 0.988. The quantitative estimate of drug-likeness (QED) is 0.193. The maximum absolute atomic E-state index is 12.8. The van der Waals surface area contributed by atoms with Gasteiger partial charge in [-0.05, 0) is 39.0 Å². The molecule has 0 unspecified atom stereocenters. The Morgan fingerprint density at radius 1 is 1.18 bits per heavy atom. The summed E-state index contributed by atoms with van der Waals surface area (Å²) < 4.78 is 35.6. The Morgan fingerprint density at radius 3 is 2.46 bits per heavy atom. The minimum atomic E-state index is -2.91. The number of aliphatic imine (C=N–C) groups is 1. The van der Waals surface area contributed by atoms with E-state index in [0.29, 0.717) is 30.4 Å². The average molecular weight is 514 g/mol. The van der Waals surface area contributed by atoms with Crippen LogP contribution >= 0.6 is 24.0 Å². The van der Waals surface area contributed by atoms with Gasteiger partial charge in [0.15, 0.2) is 17.5 Å². The zero-order chi connectivity index (χ0) is 20.1. The first-order valence-electron chi connectivity index (χ1n) is 9.41. The van der Waals surface area contributed by atoms with Crippen molar-refractivity contribution >= 4 is 29.9 Å². The van der Waals surface area contributed by atoms with E-state index in [2.05, 4.69) is 39.1 Å². The van der Waals surface area contributed by atoms with Gasteiger partial charge in [-0.15, -0.1) is 24.0 Å². The Morgan fingerprint density at radius 2 is 1.89 bits per heavy atom. The first kappa shape index (κ1) is 26.6. The van der Waals surface area contributed by atoms with Crippen molar-refractivity contribution in [3.05, 3.63) is 23.8 Å². The molecular formula is C19H33F2IN4O2. The molecule has 0 saturated carbocycles. The van der Waals surface area contributed by atoms with Crippen LogP contribution in [0.4, 0.5) is 8.78 Å². The maximum Gasteiger partial charge on any atom is 0.387 e. The highest BCUT2D eigenvalue weighted by Crippen LogP contribution is 2.32. The topological polar surface area (TPSA) is 58.1 Å². The number of ether oxygens (including phenoxy) is 2. The lowest BCUT2D eigenvalue weighted by molar-refractivity contribution is -0.0520. The Bertz CT molecular complexity index is 573. The van der Waals surface area contributed by atoms with Gasteiger partial charge >= 0.3 is 6.61 Å². The highest BCUT2D eigenvalue weighted by Gasteiger charge is 2.16. The van der Waals surface area contributed by atoms with E-state index >= 15 is 0 Å². The molecule has 0 aliphatic rings. The number of nitrogens with zero attached hydrogens (tertiary/aromatic N) is 2. The molecule has 0 amide bonds. The highest BCUT2D eigenvalue weighted by atomic mass is 127. The lowest BCUT2D eigenvalue weighted by Gasteiger charge is -2.19.